The number of allylic oxidation sites excluding steroid dienone is 5. The average molecular weight is 418 g/mol. The van der Waals surface area contributed by atoms with Gasteiger partial charge in [0.05, 0.1) is 23.3 Å². The smallest absolute Gasteiger partial charge is 0.352 e. The summed E-state index contributed by atoms with van der Waals surface area (Å²) in [5.74, 6) is -1.81. The first-order valence-electron chi connectivity index (χ1n) is 8.65. The van der Waals surface area contributed by atoms with Crippen molar-refractivity contribution in [3.63, 3.8) is 0 Å². The lowest BCUT2D eigenvalue weighted by Crippen LogP contribution is -2.21. The third-order valence-electron chi connectivity index (χ3n) is 4.11. The number of nitriles is 1. The Balaban J connectivity index is 2.66. The molecular weight excluding hydrogens is 400 g/mol. The Kier molecular flexibility index (Phi) is 7.87. The summed E-state index contributed by atoms with van der Waals surface area (Å²) in [7, 11) is 0. The molecule has 0 saturated carbocycles. The summed E-state index contributed by atoms with van der Waals surface area (Å²) in [4.78, 5) is 11.5. The molecule has 1 aromatic carbocycles. The van der Waals surface area contributed by atoms with E-state index in [1.807, 2.05) is 0 Å². The number of carboxylic acid groups (broad SMARTS) is 1. The number of nitrogens with zero attached hydrogens (tertiary/aromatic N) is 3. The van der Waals surface area contributed by atoms with Gasteiger partial charge in [-0.3, -0.25) is 0 Å². The van der Waals surface area contributed by atoms with Crippen LogP contribution in [0.3, 0.4) is 0 Å². The van der Waals surface area contributed by atoms with Gasteiger partial charge >= 0.3 is 5.97 Å². The number of carbonyl (C=O) groups is 1. The van der Waals surface area contributed by atoms with E-state index in [0.717, 1.165) is 6.07 Å². The number of alkyl halides is 1. The number of hydrazone groups is 1. The van der Waals surface area contributed by atoms with E-state index < -0.39 is 11.8 Å². The van der Waals surface area contributed by atoms with Crippen LogP contribution in [0.2, 0.25) is 0 Å². The summed E-state index contributed by atoms with van der Waals surface area (Å²) in [6, 6.07) is 5.57. The van der Waals surface area contributed by atoms with Crippen molar-refractivity contribution >= 4 is 29.0 Å². The molecular formula is C21H18ClF2N3O2. The minimum absolute atomic E-state index is 0.0593. The molecule has 0 bridgehead atoms. The van der Waals surface area contributed by atoms with Crippen LogP contribution in [-0.2, 0) is 4.79 Å². The van der Waals surface area contributed by atoms with Crippen LogP contribution in [0.15, 0.2) is 70.8 Å². The van der Waals surface area contributed by atoms with Crippen LogP contribution in [0.5, 0.6) is 0 Å². The predicted molar refractivity (Wildman–Crippen MR) is 109 cm³/mol. The highest BCUT2D eigenvalue weighted by Gasteiger charge is 2.22. The monoisotopic (exact) mass is 417 g/mol. The number of aliphatic carboxylic acids is 1. The highest BCUT2D eigenvalue weighted by molar-refractivity contribution is 6.35. The Hall–Kier alpha value is -3.24. The van der Waals surface area contributed by atoms with Gasteiger partial charge in [0, 0.05) is 12.3 Å². The van der Waals surface area contributed by atoms with Crippen molar-refractivity contribution in [3.05, 3.63) is 77.1 Å². The summed E-state index contributed by atoms with van der Waals surface area (Å²) in [5, 5.41) is 24.1. The minimum Gasteiger partial charge on any atom is -0.477 e. The number of benzene rings is 1. The Morgan fingerprint density at radius 1 is 1.48 bits per heavy atom. The molecule has 1 N–H and O–H groups in total. The van der Waals surface area contributed by atoms with Crippen molar-refractivity contribution in [1.82, 2.24) is 0 Å². The number of carboxylic acids is 1. The van der Waals surface area contributed by atoms with E-state index in [-0.39, 0.29) is 23.6 Å². The van der Waals surface area contributed by atoms with E-state index in [2.05, 4.69) is 5.10 Å². The number of anilines is 1. The topological polar surface area (TPSA) is 76.7 Å². The Morgan fingerprint density at radius 3 is 2.83 bits per heavy atom. The molecule has 0 radical (unpaired) electrons. The zero-order valence-electron chi connectivity index (χ0n) is 15.6. The van der Waals surface area contributed by atoms with Crippen molar-refractivity contribution in [1.29, 1.82) is 5.26 Å². The van der Waals surface area contributed by atoms with Gasteiger partial charge in [-0.25, -0.2) is 18.6 Å². The first-order chi connectivity index (χ1) is 13.9. The predicted octanol–water partition coefficient (Wildman–Crippen LogP) is 5.22. The van der Waals surface area contributed by atoms with E-state index in [1.165, 1.54) is 23.2 Å². The molecule has 0 amide bonds. The molecule has 29 heavy (non-hydrogen) atoms. The molecule has 0 spiro atoms. The van der Waals surface area contributed by atoms with Gasteiger partial charge in [-0.05, 0) is 54.8 Å². The van der Waals surface area contributed by atoms with Crippen LogP contribution < -0.4 is 5.01 Å². The van der Waals surface area contributed by atoms with Gasteiger partial charge < -0.3 is 5.11 Å². The first kappa shape index (κ1) is 22.1. The molecule has 150 valence electrons. The Morgan fingerprint density at radius 2 is 2.24 bits per heavy atom. The number of halogens is 3. The molecule has 0 aromatic heterocycles. The zero-order valence-corrected chi connectivity index (χ0v) is 16.3. The number of hydrogen-bond donors (Lipinski definition) is 1. The summed E-state index contributed by atoms with van der Waals surface area (Å²) >= 11 is 5.86. The van der Waals surface area contributed by atoms with Crippen LogP contribution in [-0.4, -0.2) is 22.7 Å². The zero-order chi connectivity index (χ0) is 21.4. The fourth-order valence-electron chi connectivity index (χ4n) is 2.69. The van der Waals surface area contributed by atoms with Gasteiger partial charge in [-0.1, -0.05) is 12.2 Å². The van der Waals surface area contributed by atoms with Crippen LogP contribution in [0, 0.1) is 17.1 Å². The normalized spacial score (nSPS) is 15.6. The molecule has 0 unspecified atom stereocenters. The van der Waals surface area contributed by atoms with Gasteiger partial charge in [-0.15, -0.1) is 11.6 Å². The molecule has 0 fully saturated rings. The lowest BCUT2D eigenvalue weighted by atomic mass is 10.1. The standard InChI is InChI=1S/C21H18ClF2N3O2/c1-2-15(10-14(12-22)8-9-23)20-5-3-4-19(21(28)29)26-27(20)17-6-7-18(24)16(11-17)13-25/h2,5-11H,3-4,12H2,1H3,(H,28,29)/b9-8+,14-10+,15-2+. The third kappa shape index (κ3) is 5.39. The Bertz CT molecular complexity index is 988. The van der Waals surface area contributed by atoms with Gasteiger partial charge in [0.2, 0.25) is 0 Å². The van der Waals surface area contributed by atoms with Gasteiger partial charge in [0.15, 0.2) is 0 Å². The molecule has 5 nitrogen and oxygen atoms in total. The summed E-state index contributed by atoms with van der Waals surface area (Å²) in [6.45, 7) is 1.76. The first-order valence-corrected chi connectivity index (χ1v) is 9.19. The second kappa shape index (κ2) is 10.3. The van der Waals surface area contributed by atoms with Crippen molar-refractivity contribution in [2.75, 3.05) is 10.9 Å². The third-order valence-corrected chi connectivity index (χ3v) is 4.42. The molecule has 8 heteroatoms. The number of hydrogen-bond acceptors (Lipinski definition) is 4. The average Bonchev–Trinajstić information content (AvgIpc) is 2.95. The summed E-state index contributed by atoms with van der Waals surface area (Å²) < 4.78 is 26.4. The van der Waals surface area contributed by atoms with Gasteiger partial charge in [-0.2, -0.15) is 10.4 Å². The second-order valence-electron chi connectivity index (χ2n) is 5.96. The molecule has 1 aromatic rings. The van der Waals surface area contributed by atoms with E-state index in [1.54, 1.807) is 31.2 Å². The molecule has 0 atom stereocenters. The van der Waals surface area contributed by atoms with Crippen LogP contribution in [0.25, 0.3) is 0 Å². The van der Waals surface area contributed by atoms with Gasteiger partial charge in [0.1, 0.15) is 17.6 Å². The van der Waals surface area contributed by atoms with E-state index >= 15 is 0 Å². The van der Waals surface area contributed by atoms with Crippen LogP contribution >= 0.6 is 11.6 Å². The molecule has 1 aliphatic rings. The molecule has 1 heterocycles. The summed E-state index contributed by atoms with van der Waals surface area (Å²) in [5.41, 5.74) is 1.64. The molecule has 0 aliphatic carbocycles. The quantitative estimate of drug-likeness (QED) is 0.508. The number of rotatable bonds is 6. The van der Waals surface area contributed by atoms with Crippen LogP contribution in [0.1, 0.15) is 25.3 Å². The maximum absolute atomic E-state index is 13.8. The van der Waals surface area contributed by atoms with Crippen molar-refractivity contribution in [2.45, 2.75) is 19.8 Å². The van der Waals surface area contributed by atoms with Crippen LogP contribution in [0.4, 0.5) is 14.5 Å². The van der Waals surface area contributed by atoms with Crippen molar-refractivity contribution < 1.29 is 18.7 Å². The van der Waals surface area contributed by atoms with E-state index in [4.69, 9.17) is 16.9 Å². The maximum atomic E-state index is 13.8. The lowest BCUT2D eigenvalue weighted by molar-refractivity contribution is -0.129. The van der Waals surface area contributed by atoms with E-state index in [0.29, 0.717) is 35.3 Å². The molecule has 0 saturated heterocycles. The van der Waals surface area contributed by atoms with Crippen molar-refractivity contribution in [2.24, 2.45) is 5.10 Å². The van der Waals surface area contributed by atoms with Gasteiger partial charge in [0.25, 0.3) is 0 Å². The maximum Gasteiger partial charge on any atom is 0.352 e. The highest BCUT2D eigenvalue weighted by atomic mass is 35.5. The lowest BCUT2D eigenvalue weighted by Gasteiger charge is -2.23. The Labute approximate surface area is 172 Å². The van der Waals surface area contributed by atoms with E-state index in [9.17, 15) is 18.7 Å². The molecule has 1 aliphatic heterocycles. The molecule has 2 rings (SSSR count). The summed E-state index contributed by atoms with van der Waals surface area (Å²) in [6.07, 6.45) is 7.35. The minimum atomic E-state index is -1.17. The highest BCUT2D eigenvalue weighted by Crippen LogP contribution is 2.30. The largest absolute Gasteiger partial charge is 0.477 e. The fraction of sp³-hybridized carbons (Fsp3) is 0.190. The second-order valence-corrected chi connectivity index (χ2v) is 6.22. The fourth-order valence-corrected chi connectivity index (χ4v) is 2.86. The SMILES string of the molecule is C\C=C(/C=C(\C=C\F)CCl)C1=CCCC(C(=O)O)=NN1c1ccc(F)c(C#N)c1. The van der Waals surface area contributed by atoms with Crippen molar-refractivity contribution in [3.8, 4) is 6.07 Å².